The van der Waals surface area contributed by atoms with Crippen LogP contribution in [0.1, 0.15) is 29.0 Å². The highest BCUT2D eigenvalue weighted by Gasteiger charge is 2.27. The van der Waals surface area contributed by atoms with Crippen LogP contribution in [0.3, 0.4) is 0 Å². The molecule has 1 unspecified atom stereocenters. The van der Waals surface area contributed by atoms with E-state index >= 15 is 0 Å². The van der Waals surface area contributed by atoms with Crippen molar-refractivity contribution in [3.05, 3.63) is 93.8 Å². The predicted octanol–water partition coefficient (Wildman–Crippen LogP) is 4.10. The molecule has 0 radical (unpaired) electrons. The quantitative estimate of drug-likeness (QED) is 0.303. The number of benzene rings is 3. The van der Waals surface area contributed by atoms with Crippen molar-refractivity contribution < 1.29 is 28.9 Å². The highest BCUT2D eigenvalue weighted by molar-refractivity contribution is 5.85. The Kier molecular flexibility index (Phi) is 7.44. The Hall–Kier alpha value is -4.46. The van der Waals surface area contributed by atoms with E-state index < -0.39 is 11.5 Å². The molecule has 4 rings (SSSR count). The molecule has 3 N–H and O–H groups in total. The summed E-state index contributed by atoms with van der Waals surface area (Å²) in [6, 6.07) is 18.8. The van der Waals surface area contributed by atoms with Crippen LogP contribution in [0.2, 0.25) is 0 Å². The van der Waals surface area contributed by atoms with E-state index in [2.05, 4.69) is 5.32 Å². The lowest BCUT2D eigenvalue weighted by Gasteiger charge is -2.19. The van der Waals surface area contributed by atoms with E-state index in [1.54, 1.807) is 43.5 Å². The number of rotatable bonds is 9. The average Bonchev–Trinajstić information content (AvgIpc) is 2.88. The second-order valence-electron chi connectivity index (χ2n) is 8.28. The number of methoxy groups -OCH3 is 2. The zero-order valence-electron chi connectivity index (χ0n) is 20.0. The number of nitrogens with one attached hydrogen (secondary N) is 1. The van der Waals surface area contributed by atoms with Crippen LogP contribution < -0.4 is 20.4 Å². The fraction of sp³-hybridized carbons (Fsp3) is 0.214. The first-order valence-electron chi connectivity index (χ1n) is 11.4. The number of para-hydroxylation sites is 1. The number of amides is 1. The molecule has 1 aromatic heterocycles. The number of fused-ring (bicyclic) bond motifs is 1. The largest absolute Gasteiger partial charge is 0.507 e. The molecular formula is C28H27NO7. The van der Waals surface area contributed by atoms with Gasteiger partial charge in [-0.05, 0) is 53.9 Å². The molecule has 8 heteroatoms. The molecule has 0 saturated carbocycles. The van der Waals surface area contributed by atoms with E-state index in [0.29, 0.717) is 23.9 Å². The first-order valence-corrected chi connectivity index (χ1v) is 11.4. The van der Waals surface area contributed by atoms with Crippen LogP contribution in [0, 0.1) is 0 Å². The van der Waals surface area contributed by atoms with Crippen LogP contribution in [0.4, 0.5) is 0 Å². The van der Waals surface area contributed by atoms with Crippen LogP contribution in [0.5, 0.6) is 23.0 Å². The molecule has 0 bridgehead atoms. The smallest absolute Gasteiger partial charge is 0.343 e. The number of aromatic hydroxyl groups is 2. The van der Waals surface area contributed by atoms with Crippen molar-refractivity contribution in [1.82, 2.24) is 5.32 Å². The van der Waals surface area contributed by atoms with Crippen LogP contribution in [0.25, 0.3) is 11.0 Å². The summed E-state index contributed by atoms with van der Waals surface area (Å²) in [6.07, 6.45) is 0.456. The maximum atomic E-state index is 13.0. The van der Waals surface area contributed by atoms with E-state index in [4.69, 9.17) is 13.9 Å². The van der Waals surface area contributed by atoms with Gasteiger partial charge in [-0.1, -0.05) is 30.3 Å². The van der Waals surface area contributed by atoms with Crippen molar-refractivity contribution in [2.24, 2.45) is 0 Å². The molecule has 0 aliphatic carbocycles. The van der Waals surface area contributed by atoms with E-state index in [9.17, 15) is 19.8 Å². The normalized spacial score (nSPS) is 11.7. The monoisotopic (exact) mass is 489 g/mol. The molecule has 0 fully saturated rings. The van der Waals surface area contributed by atoms with E-state index in [1.807, 2.05) is 24.3 Å². The summed E-state index contributed by atoms with van der Waals surface area (Å²) in [5.74, 6) is -0.601. The van der Waals surface area contributed by atoms with Crippen molar-refractivity contribution in [3.63, 3.8) is 0 Å². The van der Waals surface area contributed by atoms with E-state index in [1.165, 1.54) is 13.2 Å². The number of ether oxygens (including phenoxy) is 2. The third-order valence-corrected chi connectivity index (χ3v) is 6.06. The molecule has 1 heterocycles. The van der Waals surface area contributed by atoms with Gasteiger partial charge in [0, 0.05) is 18.9 Å². The Morgan fingerprint density at radius 2 is 1.75 bits per heavy atom. The average molecular weight is 490 g/mol. The molecule has 0 saturated heterocycles. The van der Waals surface area contributed by atoms with Crippen molar-refractivity contribution in [1.29, 1.82) is 0 Å². The Balaban J connectivity index is 1.61. The maximum absolute atomic E-state index is 13.0. The van der Waals surface area contributed by atoms with Gasteiger partial charge in [-0.3, -0.25) is 4.79 Å². The van der Waals surface area contributed by atoms with Gasteiger partial charge in [0.15, 0.2) is 11.5 Å². The number of hydrogen-bond acceptors (Lipinski definition) is 7. The van der Waals surface area contributed by atoms with Crippen LogP contribution in [0.15, 0.2) is 75.9 Å². The summed E-state index contributed by atoms with van der Waals surface area (Å²) in [5, 5.41) is 24.6. The van der Waals surface area contributed by atoms with Gasteiger partial charge in [0.2, 0.25) is 5.91 Å². The number of hydrogen-bond donors (Lipinski definition) is 3. The standard InChI is InChI=1S/C28H27NO7/c1-34-19-10-7-17(8-11-19)13-14-29-25(31)16-21(18-9-12-24(35-2)22(30)15-18)26-27(32)20-5-3-4-6-23(20)36-28(26)33/h3-12,15,21,30,32H,13-14,16H2,1-2H3,(H,29,31). The Morgan fingerprint density at radius 3 is 2.44 bits per heavy atom. The van der Waals surface area contributed by atoms with E-state index in [-0.39, 0.29) is 40.7 Å². The van der Waals surface area contributed by atoms with Gasteiger partial charge < -0.3 is 29.4 Å². The van der Waals surface area contributed by atoms with Crippen LogP contribution in [-0.4, -0.2) is 36.9 Å². The van der Waals surface area contributed by atoms with E-state index in [0.717, 1.165) is 11.3 Å². The molecule has 1 amide bonds. The number of carbonyl (C=O) groups is 1. The number of phenolic OH excluding ortho intramolecular Hbond substituents is 1. The summed E-state index contributed by atoms with van der Waals surface area (Å²) < 4.78 is 15.7. The molecule has 186 valence electrons. The lowest BCUT2D eigenvalue weighted by molar-refractivity contribution is -0.121. The minimum atomic E-state index is -0.872. The molecule has 8 nitrogen and oxygen atoms in total. The predicted molar refractivity (Wildman–Crippen MR) is 135 cm³/mol. The lowest BCUT2D eigenvalue weighted by atomic mass is 9.87. The molecule has 3 aromatic carbocycles. The van der Waals surface area contributed by atoms with Gasteiger partial charge in [-0.15, -0.1) is 0 Å². The molecule has 4 aromatic rings. The SMILES string of the molecule is COc1ccc(CCNC(=O)CC(c2ccc(OC)c(O)c2)c2c(O)c3ccccc3oc2=O)cc1. The summed E-state index contributed by atoms with van der Waals surface area (Å²) in [5.41, 5.74) is 0.919. The van der Waals surface area contributed by atoms with Gasteiger partial charge in [0.25, 0.3) is 0 Å². The van der Waals surface area contributed by atoms with Crippen molar-refractivity contribution in [3.8, 4) is 23.0 Å². The van der Waals surface area contributed by atoms with Crippen molar-refractivity contribution >= 4 is 16.9 Å². The van der Waals surface area contributed by atoms with Crippen molar-refractivity contribution in [2.45, 2.75) is 18.8 Å². The van der Waals surface area contributed by atoms with Gasteiger partial charge >= 0.3 is 5.63 Å². The number of carbonyl (C=O) groups excluding carboxylic acids is 1. The van der Waals surface area contributed by atoms with Gasteiger partial charge in [0.1, 0.15) is 17.1 Å². The Labute approximate surface area is 207 Å². The van der Waals surface area contributed by atoms with Gasteiger partial charge in [-0.25, -0.2) is 4.79 Å². The highest BCUT2D eigenvalue weighted by atomic mass is 16.5. The van der Waals surface area contributed by atoms with Crippen LogP contribution in [-0.2, 0) is 11.2 Å². The maximum Gasteiger partial charge on any atom is 0.343 e. The zero-order chi connectivity index (χ0) is 25.7. The summed E-state index contributed by atoms with van der Waals surface area (Å²) in [6.45, 7) is 0.379. The molecule has 0 spiro atoms. The first kappa shape index (κ1) is 24.7. The topological polar surface area (TPSA) is 118 Å². The fourth-order valence-corrected chi connectivity index (χ4v) is 4.16. The molecule has 36 heavy (non-hydrogen) atoms. The highest BCUT2D eigenvalue weighted by Crippen LogP contribution is 2.38. The molecule has 0 aliphatic rings. The first-order chi connectivity index (χ1) is 17.4. The minimum Gasteiger partial charge on any atom is -0.507 e. The molecule has 0 aliphatic heterocycles. The summed E-state index contributed by atoms with van der Waals surface area (Å²) in [7, 11) is 3.02. The van der Waals surface area contributed by atoms with Gasteiger partial charge in [0.05, 0.1) is 25.2 Å². The Morgan fingerprint density at radius 1 is 1.00 bits per heavy atom. The minimum absolute atomic E-state index is 0.0522. The second kappa shape index (κ2) is 10.9. The second-order valence-corrected chi connectivity index (χ2v) is 8.28. The van der Waals surface area contributed by atoms with Crippen molar-refractivity contribution in [2.75, 3.05) is 20.8 Å². The zero-order valence-corrected chi connectivity index (χ0v) is 20.0. The summed E-state index contributed by atoms with van der Waals surface area (Å²) >= 11 is 0. The third kappa shape index (κ3) is 5.27. The third-order valence-electron chi connectivity index (χ3n) is 6.06. The van der Waals surface area contributed by atoms with Gasteiger partial charge in [-0.2, -0.15) is 0 Å². The molecular weight excluding hydrogens is 462 g/mol. The summed E-state index contributed by atoms with van der Waals surface area (Å²) in [4.78, 5) is 25.9. The molecule has 1 atom stereocenters. The number of phenols is 1. The lowest BCUT2D eigenvalue weighted by Crippen LogP contribution is -2.28. The fourth-order valence-electron chi connectivity index (χ4n) is 4.16. The Bertz CT molecular complexity index is 1430. The van der Waals surface area contributed by atoms with Crippen LogP contribution >= 0.6 is 0 Å².